The molecule has 1 heteroatoms. The van der Waals surface area contributed by atoms with Gasteiger partial charge >= 0.3 is 0 Å². The van der Waals surface area contributed by atoms with E-state index in [1.807, 2.05) is 0 Å². The maximum atomic E-state index is 3.54. The molecule has 0 fully saturated rings. The van der Waals surface area contributed by atoms with Gasteiger partial charge in [0.2, 0.25) is 0 Å². The van der Waals surface area contributed by atoms with E-state index in [1.54, 1.807) is 0 Å². The molecule has 0 nitrogen and oxygen atoms in total. The molecule has 0 radical (unpaired) electrons. The minimum Gasteiger partial charge on any atom is -0.0791 e. The predicted octanol–water partition coefficient (Wildman–Crippen LogP) is 4.88. The van der Waals surface area contributed by atoms with Crippen molar-refractivity contribution in [2.45, 2.75) is 6.92 Å². The molecule has 0 spiro atoms. The second-order valence-corrected chi connectivity index (χ2v) is 4.85. The van der Waals surface area contributed by atoms with Crippen LogP contribution in [0.5, 0.6) is 0 Å². The van der Waals surface area contributed by atoms with Gasteiger partial charge in [-0.05, 0) is 46.9 Å². The Bertz CT molecular complexity index is 594. The van der Waals surface area contributed by atoms with Gasteiger partial charge in [-0.25, -0.2) is 0 Å². The Hall–Kier alpha value is -1.34. The Kier molecular flexibility index (Phi) is 2.22. The summed E-state index contributed by atoms with van der Waals surface area (Å²) in [6.45, 7) is 2.10. The first-order valence-corrected chi connectivity index (χ1v) is 6.16. The van der Waals surface area contributed by atoms with Gasteiger partial charge < -0.3 is 0 Å². The summed E-state index contributed by atoms with van der Waals surface area (Å²) in [5, 5.41) is 0. The summed E-state index contributed by atoms with van der Waals surface area (Å²) >= 11 is 3.54. The van der Waals surface area contributed by atoms with Crippen LogP contribution < -0.4 is 0 Å². The number of hydrogen-bond acceptors (Lipinski definition) is 0. The highest BCUT2D eigenvalue weighted by Crippen LogP contribution is 2.44. The first kappa shape index (κ1) is 9.86. The zero-order valence-corrected chi connectivity index (χ0v) is 10.6. The molecule has 0 saturated heterocycles. The fourth-order valence-corrected chi connectivity index (χ4v) is 2.74. The van der Waals surface area contributed by atoms with Crippen LogP contribution >= 0.6 is 15.9 Å². The molecule has 0 heterocycles. The molecule has 2 aromatic rings. The maximum Gasteiger partial charge on any atom is 0.0181 e. The lowest BCUT2D eigenvalue weighted by atomic mass is 10.0. The molecule has 0 amide bonds. The van der Waals surface area contributed by atoms with Gasteiger partial charge in [0.25, 0.3) is 0 Å². The van der Waals surface area contributed by atoms with E-state index in [0.717, 1.165) is 4.47 Å². The Labute approximate surface area is 104 Å². The molecule has 1 aliphatic rings. The van der Waals surface area contributed by atoms with E-state index in [1.165, 1.54) is 27.8 Å². The SMILES string of the molecule is C/C=C1\c2ccccc2-c2ccc(Br)cc21. The van der Waals surface area contributed by atoms with Crippen molar-refractivity contribution < 1.29 is 0 Å². The van der Waals surface area contributed by atoms with Gasteiger partial charge in [0.15, 0.2) is 0 Å². The van der Waals surface area contributed by atoms with Crippen LogP contribution in [0.3, 0.4) is 0 Å². The molecule has 1 aliphatic carbocycles. The van der Waals surface area contributed by atoms with E-state index in [0.29, 0.717) is 0 Å². The molecule has 0 atom stereocenters. The molecular weight excluding hydrogens is 260 g/mol. The van der Waals surface area contributed by atoms with Crippen LogP contribution in [0.1, 0.15) is 18.1 Å². The van der Waals surface area contributed by atoms with E-state index in [4.69, 9.17) is 0 Å². The number of allylic oxidation sites excluding steroid dienone is 1. The van der Waals surface area contributed by atoms with E-state index in [-0.39, 0.29) is 0 Å². The van der Waals surface area contributed by atoms with E-state index in [2.05, 4.69) is 71.4 Å². The fraction of sp³-hybridized carbons (Fsp3) is 0.0667. The second-order valence-electron chi connectivity index (χ2n) is 3.94. The molecule has 3 rings (SSSR count). The summed E-state index contributed by atoms with van der Waals surface area (Å²) in [5.41, 5.74) is 6.70. The van der Waals surface area contributed by atoms with Crippen LogP contribution in [-0.4, -0.2) is 0 Å². The summed E-state index contributed by atoms with van der Waals surface area (Å²) in [6.07, 6.45) is 2.19. The van der Waals surface area contributed by atoms with Gasteiger partial charge in [-0.15, -0.1) is 0 Å². The quantitative estimate of drug-likeness (QED) is 0.546. The zero-order chi connectivity index (χ0) is 11.1. The van der Waals surface area contributed by atoms with Crippen LogP contribution in [0.25, 0.3) is 16.7 Å². The Morgan fingerprint density at radius 1 is 0.875 bits per heavy atom. The van der Waals surface area contributed by atoms with Crippen molar-refractivity contribution in [3.8, 4) is 11.1 Å². The van der Waals surface area contributed by atoms with Crippen LogP contribution in [0.4, 0.5) is 0 Å². The first-order chi connectivity index (χ1) is 7.81. The molecule has 0 unspecified atom stereocenters. The van der Waals surface area contributed by atoms with Gasteiger partial charge in [-0.2, -0.15) is 0 Å². The van der Waals surface area contributed by atoms with Crippen molar-refractivity contribution >= 4 is 21.5 Å². The first-order valence-electron chi connectivity index (χ1n) is 5.37. The predicted molar refractivity (Wildman–Crippen MR) is 72.3 cm³/mol. The van der Waals surface area contributed by atoms with E-state index >= 15 is 0 Å². The lowest BCUT2D eigenvalue weighted by Crippen LogP contribution is -1.79. The fourth-order valence-electron chi connectivity index (χ4n) is 2.38. The molecule has 0 bridgehead atoms. The minimum atomic E-state index is 1.14. The molecule has 0 aromatic heterocycles. The maximum absolute atomic E-state index is 3.54. The molecule has 78 valence electrons. The Morgan fingerprint density at radius 2 is 1.56 bits per heavy atom. The van der Waals surface area contributed by atoms with Crippen LogP contribution in [0.15, 0.2) is 53.0 Å². The van der Waals surface area contributed by atoms with Crippen molar-refractivity contribution in [1.29, 1.82) is 0 Å². The normalized spacial score (nSPS) is 15.0. The molecular formula is C15H11Br. The number of rotatable bonds is 0. The standard InChI is InChI=1S/C15H11Br/c1-2-11-12-5-3-4-6-13(12)14-8-7-10(16)9-15(11)14/h2-9H,1H3/b11-2+. The third kappa shape index (κ3) is 1.28. The van der Waals surface area contributed by atoms with E-state index in [9.17, 15) is 0 Å². The summed E-state index contributed by atoms with van der Waals surface area (Å²) in [7, 11) is 0. The molecule has 0 aliphatic heterocycles. The Morgan fingerprint density at radius 3 is 2.31 bits per heavy atom. The Balaban J connectivity index is 2.39. The monoisotopic (exact) mass is 270 g/mol. The molecule has 0 saturated carbocycles. The van der Waals surface area contributed by atoms with Crippen molar-refractivity contribution in [2.24, 2.45) is 0 Å². The van der Waals surface area contributed by atoms with Gasteiger partial charge in [0, 0.05) is 4.47 Å². The van der Waals surface area contributed by atoms with Gasteiger partial charge in [0.05, 0.1) is 0 Å². The highest BCUT2D eigenvalue weighted by atomic mass is 79.9. The number of hydrogen-bond donors (Lipinski definition) is 0. The average Bonchev–Trinajstić information content (AvgIpc) is 2.61. The number of halogens is 1. The van der Waals surface area contributed by atoms with Gasteiger partial charge in [-0.3, -0.25) is 0 Å². The highest BCUT2D eigenvalue weighted by molar-refractivity contribution is 9.10. The lowest BCUT2D eigenvalue weighted by molar-refractivity contribution is 1.60. The lowest BCUT2D eigenvalue weighted by Gasteiger charge is -2.01. The van der Waals surface area contributed by atoms with Crippen LogP contribution in [-0.2, 0) is 0 Å². The number of fused-ring (bicyclic) bond motifs is 3. The largest absolute Gasteiger partial charge is 0.0791 e. The zero-order valence-electron chi connectivity index (χ0n) is 9.00. The van der Waals surface area contributed by atoms with Crippen molar-refractivity contribution in [1.82, 2.24) is 0 Å². The summed E-state index contributed by atoms with van der Waals surface area (Å²) in [5.74, 6) is 0. The minimum absolute atomic E-state index is 1.14. The smallest absolute Gasteiger partial charge is 0.0181 e. The van der Waals surface area contributed by atoms with Crippen molar-refractivity contribution in [3.05, 3.63) is 64.1 Å². The molecule has 2 aromatic carbocycles. The van der Waals surface area contributed by atoms with Gasteiger partial charge in [-0.1, -0.05) is 52.3 Å². The summed E-state index contributed by atoms with van der Waals surface area (Å²) < 4.78 is 1.14. The van der Waals surface area contributed by atoms with Crippen LogP contribution in [0.2, 0.25) is 0 Å². The van der Waals surface area contributed by atoms with Gasteiger partial charge in [0.1, 0.15) is 0 Å². The highest BCUT2D eigenvalue weighted by Gasteiger charge is 2.21. The summed E-state index contributed by atoms with van der Waals surface area (Å²) in [6, 6.07) is 15.1. The number of benzene rings is 2. The average molecular weight is 271 g/mol. The molecule has 16 heavy (non-hydrogen) atoms. The van der Waals surface area contributed by atoms with Crippen LogP contribution in [0, 0.1) is 0 Å². The van der Waals surface area contributed by atoms with E-state index < -0.39 is 0 Å². The summed E-state index contributed by atoms with van der Waals surface area (Å²) in [4.78, 5) is 0. The third-order valence-electron chi connectivity index (χ3n) is 3.07. The van der Waals surface area contributed by atoms with Crippen molar-refractivity contribution in [2.75, 3.05) is 0 Å². The topological polar surface area (TPSA) is 0 Å². The molecule has 0 N–H and O–H groups in total. The third-order valence-corrected chi connectivity index (χ3v) is 3.56. The second kappa shape index (κ2) is 3.60. The van der Waals surface area contributed by atoms with Crippen molar-refractivity contribution in [3.63, 3.8) is 0 Å².